The molecular formula is C13H15FO2. The number of hydrogen-bond acceptors (Lipinski definition) is 2. The maximum atomic E-state index is 12.7. The van der Waals surface area contributed by atoms with E-state index in [9.17, 15) is 9.18 Å². The molecule has 0 radical (unpaired) electrons. The van der Waals surface area contributed by atoms with E-state index in [4.69, 9.17) is 4.74 Å². The Labute approximate surface area is 94.4 Å². The van der Waals surface area contributed by atoms with E-state index in [2.05, 4.69) is 0 Å². The second kappa shape index (κ2) is 4.34. The van der Waals surface area contributed by atoms with Gasteiger partial charge in [-0.05, 0) is 37.0 Å². The van der Waals surface area contributed by atoms with Gasteiger partial charge < -0.3 is 4.74 Å². The minimum Gasteiger partial charge on any atom is -0.370 e. The average Bonchev–Trinajstić information content (AvgIpc) is 2.21. The van der Waals surface area contributed by atoms with Gasteiger partial charge in [0, 0.05) is 13.5 Å². The quantitative estimate of drug-likeness (QED) is 0.782. The van der Waals surface area contributed by atoms with Crippen molar-refractivity contribution < 1.29 is 13.9 Å². The first-order valence-corrected chi connectivity index (χ1v) is 5.49. The molecule has 0 aliphatic heterocycles. The minimum atomic E-state index is -0.561. The number of benzene rings is 1. The van der Waals surface area contributed by atoms with Crippen LogP contribution in [-0.2, 0) is 16.0 Å². The SMILES string of the molecule is COC1(C(=O)Cc2ccc(F)cc2)CCC1. The molecule has 16 heavy (non-hydrogen) atoms. The van der Waals surface area contributed by atoms with Crippen molar-refractivity contribution in [2.45, 2.75) is 31.3 Å². The van der Waals surface area contributed by atoms with Gasteiger partial charge in [0.1, 0.15) is 11.4 Å². The summed E-state index contributed by atoms with van der Waals surface area (Å²) in [4.78, 5) is 12.0. The van der Waals surface area contributed by atoms with Crippen LogP contribution in [0, 0.1) is 5.82 Å². The zero-order chi connectivity index (χ0) is 11.6. The molecule has 1 saturated carbocycles. The molecule has 86 valence electrons. The van der Waals surface area contributed by atoms with E-state index in [1.807, 2.05) is 0 Å². The van der Waals surface area contributed by atoms with E-state index in [1.165, 1.54) is 12.1 Å². The second-order valence-corrected chi connectivity index (χ2v) is 4.28. The van der Waals surface area contributed by atoms with Crippen molar-refractivity contribution in [2.75, 3.05) is 7.11 Å². The van der Waals surface area contributed by atoms with Crippen LogP contribution in [-0.4, -0.2) is 18.5 Å². The molecule has 1 aliphatic carbocycles. The van der Waals surface area contributed by atoms with Crippen LogP contribution in [0.25, 0.3) is 0 Å². The molecule has 0 N–H and O–H groups in total. The Hall–Kier alpha value is -1.22. The largest absolute Gasteiger partial charge is 0.370 e. The minimum absolute atomic E-state index is 0.104. The molecule has 2 nitrogen and oxygen atoms in total. The fourth-order valence-electron chi connectivity index (χ4n) is 2.04. The van der Waals surface area contributed by atoms with Gasteiger partial charge in [-0.2, -0.15) is 0 Å². The number of Topliss-reactive ketones (excluding diaryl/α,β-unsaturated/α-hetero) is 1. The van der Waals surface area contributed by atoms with E-state index >= 15 is 0 Å². The number of ketones is 1. The zero-order valence-electron chi connectivity index (χ0n) is 9.33. The molecule has 0 bridgehead atoms. The van der Waals surface area contributed by atoms with Crippen molar-refractivity contribution in [2.24, 2.45) is 0 Å². The molecule has 2 rings (SSSR count). The lowest BCUT2D eigenvalue weighted by Crippen LogP contribution is -2.47. The van der Waals surface area contributed by atoms with Crippen LogP contribution >= 0.6 is 0 Å². The lowest BCUT2D eigenvalue weighted by molar-refractivity contribution is -0.151. The summed E-state index contributed by atoms with van der Waals surface area (Å²) in [6.07, 6.45) is 2.99. The first kappa shape index (κ1) is 11.3. The summed E-state index contributed by atoms with van der Waals surface area (Å²) < 4.78 is 18.0. The van der Waals surface area contributed by atoms with E-state index in [-0.39, 0.29) is 11.6 Å². The molecule has 3 heteroatoms. The first-order valence-electron chi connectivity index (χ1n) is 5.49. The average molecular weight is 222 g/mol. The van der Waals surface area contributed by atoms with Crippen molar-refractivity contribution in [1.29, 1.82) is 0 Å². The highest BCUT2D eigenvalue weighted by Gasteiger charge is 2.43. The Bertz CT molecular complexity index is 374. The molecular weight excluding hydrogens is 207 g/mol. The molecule has 1 aromatic rings. The van der Waals surface area contributed by atoms with Gasteiger partial charge >= 0.3 is 0 Å². The monoisotopic (exact) mass is 222 g/mol. The van der Waals surface area contributed by atoms with Crippen molar-refractivity contribution in [1.82, 2.24) is 0 Å². The molecule has 1 aromatic carbocycles. The van der Waals surface area contributed by atoms with Gasteiger partial charge in [0.2, 0.25) is 0 Å². The Kier molecular flexibility index (Phi) is 3.06. The predicted molar refractivity (Wildman–Crippen MR) is 58.7 cm³/mol. The predicted octanol–water partition coefficient (Wildman–Crippen LogP) is 2.51. The fraction of sp³-hybridized carbons (Fsp3) is 0.462. The molecule has 1 fully saturated rings. The molecule has 0 aromatic heterocycles. The molecule has 1 aliphatic rings. The second-order valence-electron chi connectivity index (χ2n) is 4.28. The van der Waals surface area contributed by atoms with Crippen LogP contribution in [0.15, 0.2) is 24.3 Å². The lowest BCUT2D eigenvalue weighted by atomic mass is 9.75. The normalized spacial score (nSPS) is 17.9. The van der Waals surface area contributed by atoms with E-state index in [1.54, 1.807) is 19.2 Å². The third-order valence-electron chi connectivity index (χ3n) is 3.34. The highest BCUT2D eigenvalue weighted by molar-refractivity contribution is 5.90. The third-order valence-corrected chi connectivity index (χ3v) is 3.34. The smallest absolute Gasteiger partial charge is 0.168 e. The van der Waals surface area contributed by atoms with Crippen molar-refractivity contribution >= 4 is 5.78 Å². The highest BCUT2D eigenvalue weighted by Crippen LogP contribution is 2.36. The molecule has 0 heterocycles. The summed E-state index contributed by atoms with van der Waals surface area (Å²) in [6, 6.07) is 6.05. The molecule has 0 spiro atoms. The molecule has 0 saturated heterocycles. The van der Waals surface area contributed by atoms with Crippen LogP contribution in [0.5, 0.6) is 0 Å². The fourth-order valence-corrected chi connectivity index (χ4v) is 2.04. The molecule has 0 unspecified atom stereocenters. The van der Waals surface area contributed by atoms with Gasteiger partial charge in [-0.15, -0.1) is 0 Å². The third kappa shape index (κ3) is 2.00. The molecule has 0 atom stereocenters. The number of hydrogen-bond donors (Lipinski definition) is 0. The van der Waals surface area contributed by atoms with Gasteiger partial charge in [0.05, 0.1) is 0 Å². The van der Waals surface area contributed by atoms with Gasteiger partial charge in [-0.25, -0.2) is 4.39 Å². The summed E-state index contributed by atoms with van der Waals surface area (Å²) in [6.45, 7) is 0. The summed E-state index contributed by atoms with van der Waals surface area (Å²) in [5.41, 5.74) is 0.281. The summed E-state index contributed by atoms with van der Waals surface area (Å²) in [7, 11) is 1.59. The Morgan fingerprint density at radius 3 is 2.44 bits per heavy atom. The number of ether oxygens (including phenoxy) is 1. The van der Waals surface area contributed by atoms with Crippen LogP contribution in [0.3, 0.4) is 0 Å². The highest BCUT2D eigenvalue weighted by atomic mass is 19.1. The van der Waals surface area contributed by atoms with Crippen molar-refractivity contribution in [3.63, 3.8) is 0 Å². The van der Waals surface area contributed by atoms with Crippen LogP contribution in [0.2, 0.25) is 0 Å². The van der Waals surface area contributed by atoms with Crippen LogP contribution < -0.4 is 0 Å². The van der Waals surface area contributed by atoms with E-state index < -0.39 is 5.60 Å². The lowest BCUT2D eigenvalue weighted by Gasteiger charge is -2.38. The van der Waals surface area contributed by atoms with Crippen LogP contribution in [0.4, 0.5) is 4.39 Å². The van der Waals surface area contributed by atoms with E-state index in [0.717, 1.165) is 24.8 Å². The summed E-state index contributed by atoms with van der Waals surface area (Å²) in [5, 5.41) is 0. The van der Waals surface area contributed by atoms with Crippen molar-refractivity contribution in [3.8, 4) is 0 Å². The van der Waals surface area contributed by atoms with Gasteiger partial charge in [-0.1, -0.05) is 12.1 Å². The Balaban J connectivity index is 2.04. The van der Waals surface area contributed by atoms with Crippen LogP contribution in [0.1, 0.15) is 24.8 Å². The number of halogens is 1. The molecule has 0 amide bonds. The van der Waals surface area contributed by atoms with E-state index in [0.29, 0.717) is 6.42 Å². The summed E-state index contributed by atoms with van der Waals surface area (Å²) >= 11 is 0. The topological polar surface area (TPSA) is 26.3 Å². The first-order chi connectivity index (χ1) is 7.66. The zero-order valence-corrected chi connectivity index (χ0v) is 9.33. The maximum Gasteiger partial charge on any atom is 0.168 e. The maximum absolute atomic E-state index is 12.7. The van der Waals surface area contributed by atoms with Crippen molar-refractivity contribution in [3.05, 3.63) is 35.6 Å². The number of methoxy groups -OCH3 is 1. The van der Waals surface area contributed by atoms with Gasteiger partial charge in [-0.3, -0.25) is 4.79 Å². The number of carbonyl (C=O) groups excluding carboxylic acids is 1. The van der Waals surface area contributed by atoms with Gasteiger partial charge in [0.25, 0.3) is 0 Å². The number of rotatable bonds is 4. The Morgan fingerprint density at radius 2 is 2.00 bits per heavy atom. The van der Waals surface area contributed by atoms with Gasteiger partial charge in [0.15, 0.2) is 5.78 Å². The Morgan fingerprint density at radius 1 is 1.38 bits per heavy atom. The standard InChI is InChI=1S/C13H15FO2/c1-16-13(7-2-8-13)12(15)9-10-3-5-11(14)6-4-10/h3-6H,2,7-9H2,1H3. The summed E-state index contributed by atoms with van der Waals surface area (Å²) in [5.74, 6) is -0.172. The number of carbonyl (C=O) groups is 1.